The van der Waals surface area contributed by atoms with E-state index in [4.69, 9.17) is 0 Å². The van der Waals surface area contributed by atoms with Gasteiger partial charge in [-0.3, -0.25) is 0 Å². The molecule has 58 heavy (non-hydrogen) atoms. The average Bonchev–Trinajstić information content (AvgIpc) is 3.80. The van der Waals surface area contributed by atoms with Gasteiger partial charge in [0.2, 0.25) is 0 Å². The van der Waals surface area contributed by atoms with Crippen LogP contribution in [-0.4, -0.2) is 9.13 Å². The Kier molecular flexibility index (Phi) is 7.26. The van der Waals surface area contributed by atoms with E-state index in [0.29, 0.717) is 0 Å². The Bertz CT molecular complexity index is 3490. The second-order valence-corrected chi connectivity index (χ2v) is 15.3. The van der Waals surface area contributed by atoms with Gasteiger partial charge in [0.25, 0.3) is 0 Å². The van der Waals surface area contributed by atoms with Gasteiger partial charge in [-0.25, -0.2) is 0 Å². The third-order valence-corrected chi connectivity index (χ3v) is 12.1. The Morgan fingerprint density at radius 2 is 0.776 bits per heavy atom. The van der Waals surface area contributed by atoms with Gasteiger partial charge in [-0.05, 0) is 104 Å². The molecule has 12 aromatic rings. The quantitative estimate of drug-likeness (QED) is 0.156. The first-order valence-electron chi connectivity index (χ1n) is 20.0. The lowest BCUT2D eigenvalue weighted by atomic mass is 9.92. The van der Waals surface area contributed by atoms with Crippen molar-refractivity contribution in [2.24, 2.45) is 0 Å². The van der Waals surface area contributed by atoms with Gasteiger partial charge in [-0.2, -0.15) is 0 Å². The van der Waals surface area contributed by atoms with Crippen molar-refractivity contribution >= 4 is 65.2 Å². The minimum absolute atomic E-state index is 1.15. The van der Waals surface area contributed by atoms with E-state index in [2.05, 4.69) is 228 Å². The van der Waals surface area contributed by atoms with Crippen molar-refractivity contribution in [3.8, 4) is 44.8 Å². The normalized spacial score (nSPS) is 11.8. The van der Waals surface area contributed by atoms with Gasteiger partial charge in [0.1, 0.15) is 0 Å². The second kappa shape index (κ2) is 12.9. The smallest absolute Gasteiger partial charge is 0.0547 e. The third kappa shape index (κ3) is 4.99. The van der Waals surface area contributed by atoms with Crippen LogP contribution in [0.1, 0.15) is 0 Å². The van der Waals surface area contributed by atoms with Crippen molar-refractivity contribution in [3.63, 3.8) is 0 Å². The molecular formula is C56H36N2. The van der Waals surface area contributed by atoms with E-state index in [9.17, 15) is 0 Å². The van der Waals surface area contributed by atoms with Crippen LogP contribution in [0, 0.1) is 0 Å². The molecule has 0 aliphatic carbocycles. The summed E-state index contributed by atoms with van der Waals surface area (Å²) >= 11 is 0. The van der Waals surface area contributed by atoms with Crippen molar-refractivity contribution in [2.45, 2.75) is 0 Å². The molecule has 2 aromatic heterocycles. The van der Waals surface area contributed by atoms with Crippen molar-refractivity contribution in [3.05, 3.63) is 218 Å². The summed E-state index contributed by atoms with van der Waals surface area (Å²) in [5.41, 5.74) is 14.4. The van der Waals surface area contributed by atoms with Crippen molar-refractivity contribution in [1.29, 1.82) is 0 Å². The SMILES string of the molecule is c1ccc(-c2ccccc2-n2c3ccccc3c3cc(-c4ccc5c6ccccc6n(-c6ccc(-c7c8ccccc8cc8ccccc78)cc6)c5c4)ccc32)cc1. The minimum Gasteiger partial charge on any atom is -0.309 e. The first-order chi connectivity index (χ1) is 28.8. The molecule has 0 atom stereocenters. The van der Waals surface area contributed by atoms with Gasteiger partial charge in [0, 0.05) is 32.8 Å². The van der Waals surface area contributed by atoms with E-state index in [1.165, 1.54) is 104 Å². The van der Waals surface area contributed by atoms with Crippen molar-refractivity contribution in [1.82, 2.24) is 9.13 Å². The number of benzene rings is 10. The van der Waals surface area contributed by atoms with Crippen LogP contribution in [0.2, 0.25) is 0 Å². The molecule has 0 saturated heterocycles. The lowest BCUT2D eigenvalue weighted by Gasteiger charge is -2.14. The molecule has 2 heterocycles. The fourth-order valence-corrected chi connectivity index (χ4v) is 9.47. The third-order valence-electron chi connectivity index (χ3n) is 12.1. The maximum atomic E-state index is 2.43. The first kappa shape index (κ1) is 32.6. The van der Waals surface area contributed by atoms with Gasteiger partial charge in [0.15, 0.2) is 0 Å². The molecule has 270 valence electrons. The Morgan fingerprint density at radius 3 is 1.52 bits per heavy atom. The summed E-state index contributed by atoms with van der Waals surface area (Å²) in [6, 6.07) is 80.0. The summed E-state index contributed by atoms with van der Waals surface area (Å²) in [6.07, 6.45) is 0. The maximum absolute atomic E-state index is 2.43. The van der Waals surface area contributed by atoms with E-state index >= 15 is 0 Å². The zero-order chi connectivity index (χ0) is 38.2. The second-order valence-electron chi connectivity index (χ2n) is 15.3. The molecule has 0 N–H and O–H groups in total. The number of hydrogen-bond acceptors (Lipinski definition) is 0. The predicted molar refractivity (Wildman–Crippen MR) is 246 cm³/mol. The first-order valence-corrected chi connectivity index (χ1v) is 20.0. The molecule has 12 rings (SSSR count). The van der Waals surface area contributed by atoms with E-state index in [0.717, 1.165) is 5.69 Å². The predicted octanol–water partition coefficient (Wildman–Crippen LogP) is 15.2. The Morgan fingerprint density at radius 1 is 0.259 bits per heavy atom. The van der Waals surface area contributed by atoms with Crippen LogP contribution in [0.25, 0.3) is 110 Å². The number of rotatable bonds is 5. The molecule has 0 aliphatic heterocycles. The van der Waals surface area contributed by atoms with E-state index in [-0.39, 0.29) is 0 Å². The number of para-hydroxylation sites is 3. The summed E-state index contributed by atoms with van der Waals surface area (Å²) in [6.45, 7) is 0. The van der Waals surface area contributed by atoms with Gasteiger partial charge in [-0.1, -0.05) is 164 Å². The molecule has 10 aromatic carbocycles. The Balaban J connectivity index is 1.01. The largest absolute Gasteiger partial charge is 0.309 e. The maximum Gasteiger partial charge on any atom is 0.0547 e. The summed E-state index contributed by atoms with van der Waals surface area (Å²) in [5, 5.41) is 10.1. The van der Waals surface area contributed by atoms with E-state index < -0.39 is 0 Å². The van der Waals surface area contributed by atoms with Gasteiger partial charge < -0.3 is 9.13 Å². The molecule has 2 nitrogen and oxygen atoms in total. The van der Waals surface area contributed by atoms with E-state index in [1.54, 1.807) is 0 Å². The van der Waals surface area contributed by atoms with Crippen molar-refractivity contribution < 1.29 is 0 Å². The highest BCUT2D eigenvalue weighted by atomic mass is 15.0. The molecule has 0 spiro atoms. The zero-order valence-electron chi connectivity index (χ0n) is 31.7. The summed E-state index contributed by atoms with van der Waals surface area (Å²) in [4.78, 5) is 0. The molecule has 0 bridgehead atoms. The molecule has 2 heteroatoms. The summed E-state index contributed by atoms with van der Waals surface area (Å²) < 4.78 is 4.87. The lowest BCUT2D eigenvalue weighted by molar-refractivity contribution is 1.18. The molecular weight excluding hydrogens is 701 g/mol. The Hall–Kier alpha value is -7.68. The van der Waals surface area contributed by atoms with Crippen LogP contribution >= 0.6 is 0 Å². The van der Waals surface area contributed by atoms with Crippen molar-refractivity contribution in [2.75, 3.05) is 0 Å². The monoisotopic (exact) mass is 736 g/mol. The summed E-state index contributed by atoms with van der Waals surface area (Å²) in [7, 11) is 0. The van der Waals surface area contributed by atoms with Gasteiger partial charge in [0.05, 0.1) is 27.8 Å². The topological polar surface area (TPSA) is 9.86 Å². The van der Waals surface area contributed by atoms with Crippen LogP contribution in [-0.2, 0) is 0 Å². The molecule has 0 radical (unpaired) electrons. The summed E-state index contributed by atoms with van der Waals surface area (Å²) in [5.74, 6) is 0. The molecule has 0 aliphatic rings. The van der Waals surface area contributed by atoms with Crippen LogP contribution in [0.5, 0.6) is 0 Å². The van der Waals surface area contributed by atoms with Crippen LogP contribution in [0.15, 0.2) is 218 Å². The van der Waals surface area contributed by atoms with E-state index in [1.807, 2.05) is 0 Å². The molecule has 0 amide bonds. The lowest BCUT2D eigenvalue weighted by Crippen LogP contribution is -1.97. The highest BCUT2D eigenvalue weighted by Gasteiger charge is 2.18. The number of fused-ring (bicyclic) bond motifs is 8. The average molecular weight is 737 g/mol. The highest BCUT2D eigenvalue weighted by molar-refractivity contribution is 6.14. The van der Waals surface area contributed by atoms with Gasteiger partial charge in [-0.15, -0.1) is 0 Å². The fraction of sp³-hybridized carbons (Fsp3) is 0. The number of aromatic nitrogens is 2. The zero-order valence-corrected chi connectivity index (χ0v) is 31.7. The molecule has 0 unspecified atom stereocenters. The molecule has 0 fully saturated rings. The van der Waals surface area contributed by atoms with Crippen LogP contribution < -0.4 is 0 Å². The van der Waals surface area contributed by atoms with Crippen LogP contribution in [0.4, 0.5) is 0 Å². The van der Waals surface area contributed by atoms with Gasteiger partial charge >= 0.3 is 0 Å². The molecule has 0 saturated carbocycles. The number of nitrogens with zero attached hydrogens (tertiary/aromatic N) is 2. The Labute approximate surface area is 336 Å². The highest BCUT2D eigenvalue weighted by Crippen LogP contribution is 2.41. The number of hydrogen-bond donors (Lipinski definition) is 0. The standard InChI is InChI=1S/C56H36N2/c1-2-14-37(15-3-1)44-18-8-11-23-51(44)58-53-25-13-10-22-48(53)50-35-39(29-33-54(50)58)40-28-32-49-47-21-9-12-24-52(47)57(55(49)36-40)43-30-26-38(27-31-43)56-45-19-6-4-16-41(45)34-42-17-5-7-20-46(42)56/h1-36H. The minimum atomic E-state index is 1.15. The fourth-order valence-electron chi connectivity index (χ4n) is 9.47. The van der Waals surface area contributed by atoms with Crippen LogP contribution in [0.3, 0.4) is 0 Å².